The zero-order chi connectivity index (χ0) is 15.6. The van der Waals surface area contributed by atoms with Gasteiger partial charge >= 0.3 is 0 Å². The summed E-state index contributed by atoms with van der Waals surface area (Å²) in [7, 11) is -3.59. The SMILES string of the molecule is CCOc1ccc(S(=O)(=O)N2CCCc3ccccc32)cn1. The van der Waals surface area contributed by atoms with Crippen LogP contribution in [0.4, 0.5) is 5.69 Å². The number of anilines is 1. The molecule has 22 heavy (non-hydrogen) atoms. The molecule has 0 N–H and O–H groups in total. The van der Waals surface area contributed by atoms with E-state index in [2.05, 4.69) is 4.98 Å². The Bertz CT molecular complexity index is 757. The molecule has 0 atom stereocenters. The number of aromatic nitrogens is 1. The van der Waals surface area contributed by atoms with Gasteiger partial charge in [-0.05, 0) is 37.5 Å². The molecule has 2 heterocycles. The molecule has 0 amide bonds. The standard InChI is InChI=1S/C16H18N2O3S/c1-2-21-16-10-9-14(12-17-16)22(19,20)18-11-5-7-13-6-3-4-8-15(13)18/h3-4,6,8-10,12H,2,5,7,11H2,1H3. The van der Waals surface area contributed by atoms with Crippen LogP contribution in [-0.4, -0.2) is 26.6 Å². The van der Waals surface area contributed by atoms with E-state index >= 15 is 0 Å². The Morgan fingerprint density at radius 3 is 2.77 bits per heavy atom. The number of sulfonamides is 1. The Labute approximate surface area is 130 Å². The maximum atomic E-state index is 12.9. The van der Waals surface area contributed by atoms with E-state index in [1.165, 1.54) is 10.5 Å². The van der Waals surface area contributed by atoms with Gasteiger partial charge in [-0.25, -0.2) is 13.4 Å². The minimum atomic E-state index is -3.59. The monoisotopic (exact) mass is 318 g/mol. The van der Waals surface area contributed by atoms with Gasteiger partial charge in [-0.1, -0.05) is 18.2 Å². The van der Waals surface area contributed by atoms with Gasteiger partial charge in [0.15, 0.2) is 0 Å². The molecule has 1 aromatic heterocycles. The molecule has 0 unspecified atom stereocenters. The van der Waals surface area contributed by atoms with E-state index < -0.39 is 10.0 Å². The summed E-state index contributed by atoms with van der Waals surface area (Å²) < 4.78 is 32.5. The molecular weight excluding hydrogens is 300 g/mol. The highest BCUT2D eigenvalue weighted by Gasteiger charge is 2.29. The number of aryl methyl sites for hydroxylation is 1. The van der Waals surface area contributed by atoms with Crippen LogP contribution < -0.4 is 9.04 Å². The van der Waals surface area contributed by atoms with Crippen molar-refractivity contribution in [2.24, 2.45) is 0 Å². The quantitative estimate of drug-likeness (QED) is 0.869. The van der Waals surface area contributed by atoms with Crippen molar-refractivity contribution < 1.29 is 13.2 Å². The molecule has 1 aliphatic heterocycles. The lowest BCUT2D eigenvalue weighted by atomic mass is 10.0. The molecule has 2 aromatic rings. The van der Waals surface area contributed by atoms with Gasteiger partial charge in [0.05, 0.1) is 18.5 Å². The Hall–Kier alpha value is -2.08. The maximum absolute atomic E-state index is 12.9. The zero-order valence-corrected chi connectivity index (χ0v) is 13.2. The zero-order valence-electron chi connectivity index (χ0n) is 12.4. The maximum Gasteiger partial charge on any atom is 0.265 e. The first kappa shape index (κ1) is 14.8. The number of ether oxygens (including phenoxy) is 1. The molecule has 116 valence electrons. The van der Waals surface area contributed by atoms with Crippen LogP contribution in [-0.2, 0) is 16.4 Å². The number of pyridine rings is 1. The molecular formula is C16H18N2O3S. The van der Waals surface area contributed by atoms with Crippen molar-refractivity contribution in [1.82, 2.24) is 4.98 Å². The third kappa shape index (κ3) is 2.66. The van der Waals surface area contributed by atoms with Crippen molar-refractivity contribution >= 4 is 15.7 Å². The van der Waals surface area contributed by atoms with Crippen LogP contribution in [0.1, 0.15) is 18.9 Å². The van der Waals surface area contributed by atoms with Crippen molar-refractivity contribution in [2.45, 2.75) is 24.7 Å². The summed E-state index contributed by atoms with van der Waals surface area (Å²) in [5, 5.41) is 0. The minimum Gasteiger partial charge on any atom is -0.478 e. The molecule has 1 aromatic carbocycles. The molecule has 1 aliphatic rings. The van der Waals surface area contributed by atoms with Crippen molar-refractivity contribution in [1.29, 1.82) is 0 Å². The van der Waals surface area contributed by atoms with Crippen LogP contribution in [0.15, 0.2) is 47.5 Å². The molecule has 0 saturated carbocycles. The highest BCUT2D eigenvalue weighted by molar-refractivity contribution is 7.92. The van der Waals surface area contributed by atoms with Crippen LogP contribution in [0.3, 0.4) is 0 Å². The average Bonchev–Trinajstić information content (AvgIpc) is 2.55. The molecule has 6 heteroatoms. The topological polar surface area (TPSA) is 59.5 Å². The van der Waals surface area contributed by atoms with Crippen LogP contribution in [0, 0.1) is 0 Å². The van der Waals surface area contributed by atoms with Gasteiger partial charge in [-0.2, -0.15) is 0 Å². The second-order valence-electron chi connectivity index (χ2n) is 5.07. The first-order valence-electron chi connectivity index (χ1n) is 7.32. The van der Waals surface area contributed by atoms with Crippen LogP contribution in [0.5, 0.6) is 5.88 Å². The number of rotatable bonds is 4. The molecule has 0 fully saturated rings. The Morgan fingerprint density at radius 1 is 1.23 bits per heavy atom. The lowest BCUT2D eigenvalue weighted by Gasteiger charge is -2.30. The Balaban J connectivity index is 1.97. The van der Waals surface area contributed by atoms with E-state index in [0.29, 0.717) is 19.0 Å². The van der Waals surface area contributed by atoms with Gasteiger partial charge in [-0.15, -0.1) is 0 Å². The van der Waals surface area contributed by atoms with Gasteiger partial charge in [-0.3, -0.25) is 4.31 Å². The number of hydrogen-bond donors (Lipinski definition) is 0. The molecule has 0 bridgehead atoms. The summed E-state index contributed by atoms with van der Waals surface area (Å²) in [5.41, 5.74) is 1.83. The lowest BCUT2D eigenvalue weighted by Crippen LogP contribution is -2.35. The third-order valence-corrected chi connectivity index (χ3v) is 5.45. The van der Waals surface area contributed by atoms with E-state index in [9.17, 15) is 8.42 Å². The first-order valence-corrected chi connectivity index (χ1v) is 8.76. The fourth-order valence-corrected chi connectivity index (χ4v) is 4.12. The minimum absolute atomic E-state index is 0.188. The smallest absolute Gasteiger partial charge is 0.265 e. The molecule has 0 saturated heterocycles. The normalized spacial score (nSPS) is 14.5. The van der Waals surface area contributed by atoms with Crippen LogP contribution >= 0.6 is 0 Å². The number of benzene rings is 1. The second-order valence-corrected chi connectivity index (χ2v) is 6.94. The molecule has 5 nitrogen and oxygen atoms in total. The van der Waals surface area contributed by atoms with Crippen molar-refractivity contribution in [3.63, 3.8) is 0 Å². The first-order chi connectivity index (χ1) is 10.6. The van der Waals surface area contributed by atoms with Gasteiger partial charge in [0.2, 0.25) is 5.88 Å². The predicted molar refractivity (Wildman–Crippen MR) is 84.7 cm³/mol. The predicted octanol–water partition coefficient (Wildman–Crippen LogP) is 2.62. The molecule has 0 radical (unpaired) electrons. The van der Waals surface area contributed by atoms with Crippen LogP contribution in [0.25, 0.3) is 0 Å². The van der Waals surface area contributed by atoms with E-state index in [-0.39, 0.29) is 4.90 Å². The van der Waals surface area contributed by atoms with Gasteiger partial charge in [0.25, 0.3) is 10.0 Å². The van der Waals surface area contributed by atoms with E-state index in [1.807, 2.05) is 31.2 Å². The summed E-state index contributed by atoms with van der Waals surface area (Å²) in [6.07, 6.45) is 3.09. The lowest BCUT2D eigenvalue weighted by molar-refractivity contribution is 0.326. The third-order valence-electron chi connectivity index (χ3n) is 3.66. The number of nitrogens with zero attached hydrogens (tertiary/aromatic N) is 2. The summed E-state index contributed by atoms with van der Waals surface area (Å²) in [6.45, 7) is 2.85. The van der Waals surface area contributed by atoms with Crippen LogP contribution in [0.2, 0.25) is 0 Å². The fourth-order valence-electron chi connectivity index (χ4n) is 2.63. The summed E-state index contributed by atoms with van der Waals surface area (Å²) in [5.74, 6) is 0.431. The fraction of sp³-hybridized carbons (Fsp3) is 0.312. The molecule has 3 rings (SSSR count). The number of para-hydroxylation sites is 1. The molecule has 0 aliphatic carbocycles. The van der Waals surface area contributed by atoms with E-state index in [4.69, 9.17) is 4.74 Å². The largest absolute Gasteiger partial charge is 0.478 e. The van der Waals surface area contributed by atoms with Crippen molar-refractivity contribution in [3.8, 4) is 5.88 Å². The summed E-state index contributed by atoms with van der Waals surface area (Å²) in [6, 6.07) is 10.8. The van der Waals surface area contributed by atoms with E-state index in [0.717, 1.165) is 24.1 Å². The Kier molecular flexibility index (Phi) is 4.02. The van der Waals surface area contributed by atoms with E-state index in [1.54, 1.807) is 12.1 Å². The highest BCUT2D eigenvalue weighted by atomic mass is 32.2. The number of fused-ring (bicyclic) bond motifs is 1. The average molecular weight is 318 g/mol. The second kappa shape index (κ2) is 5.96. The summed E-state index contributed by atoms with van der Waals surface area (Å²) in [4.78, 5) is 4.25. The molecule has 0 spiro atoms. The van der Waals surface area contributed by atoms with Gasteiger partial charge < -0.3 is 4.74 Å². The summed E-state index contributed by atoms with van der Waals surface area (Å²) >= 11 is 0. The van der Waals surface area contributed by atoms with Gasteiger partial charge in [0.1, 0.15) is 4.90 Å². The van der Waals surface area contributed by atoms with Crippen molar-refractivity contribution in [3.05, 3.63) is 48.2 Å². The highest BCUT2D eigenvalue weighted by Crippen LogP contribution is 2.31. The van der Waals surface area contributed by atoms with Gasteiger partial charge in [0, 0.05) is 12.6 Å². The Morgan fingerprint density at radius 2 is 2.05 bits per heavy atom. The number of hydrogen-bond acceptors (Lipinski definition) is 4. The van der Waals surface area contributed by atoms with Crippen molar-refractivity contribution in [2.75, 3.05) is 17.5 Å².